The van der Waals surface area contributed by atoms with E-state index in [9.17, 15) is 9.59 Å². The van der Waals surface area contributed by atoms with Crippen LogP contribution in [0.1, 0.15) is 51.0 Å². The van der Waals surface area contributed by atoms with Gasteiger partial charge in [0.1, 0.15) is 11.7 Å². The lowest BCUT2D eigenvalue weighted by Gasteiger charge is -2.34. The van der Waals surface area contributed by atoms with Crippen molar-refractivity contribution in [2.75, 3.05) is 11.9 Å². The number of ether oxygens (including phenoxy) is 1. The van der Waals surface area contributed by atoms with E-state index < -0.39 is 11.9 Å². The van der Waals surface area contributed by atoms with Crippen LogP contribution in [-0.2, 0) is 11.8 Å². The lowest BCUT2D eigenvalue weighted by atomic mass is 9.80. The Morgan fingerprint density at radius 2 is 2.00 bits per heavy atom. The van der Waals surface area contributed by atoms with Gasteiger partial charge in [0.05, 0.1) is 23.8 Å². The van der Waals surface area contributed by atoms with Crippen molar-refractivity contribution in [2.24, 2.45) is 7.05 Å². The number of hydrogen-bond acceptors (Lipinski definition) is 5. The molecule has 1 aromatic heterocycles. The highest BCUT2D eigenvalue weighted by Gasteiger charge is 2.41. The Morgan fingerprint density at radius 3 is 2.66 bits per heavy atom. The number of carbonyl (C=O) groups is 2. The highest BCUT2D eigenvalue weighted by Crippen LogP contribution is 2.43. The van der Waals surface area contributed by atoms with Crippen molar-refractivity contribution >= 4 is 29.0 Å². The van der Waals surface area contributed by atoms with E-state index in [4.69, 9.17) is 16.3 Å². The lowest BCUT2D eigenvalue weighted by Crippen LogP contribution is -2.34. The van der Waals surface area contributed by atoms with Crippen molar-refractivity contribution in [2.45, 2.75) is 18.9 Å². The number of anilines is 1. The largest absolute Gasteiger partial charge is 0.462 e. The molecule has 0 saturated heterocycles. The summed E-state index contributed by atoms with van der Waals surface area (Å²) in [5.74, 6) is -0.675. The molecule has 4 rings (SSSR count). The van der Waals surface area contributed by atoms with Gasteiger partial charge in [-0.1, -0.05) is 29.8 Å². The molecular formula is C22H20ClN3O3. The third-order valence-electron chi connectivity index (χ3n) is 5.10. The van der Waals surface area contributed by atoms with Gasteiger partial charge in [0.15, 0.2) is 5.78 Å². The number of benzene rings is 2. The van der Waals surface area contributed by atoms with Gasteiger partial charge in [0.2, 0.25) is 0 Å². The molecule has 0 unspecified atom stereocenters. The molecule has 148 valence electrons. The van der Waals surface area contributed by atoms with E-state index in [2.05, 4.69) is 10.3 Å². The predicted molar refractivity (Wildman–Crippen MR) is 110 cm³/mol. The smallest absolute Gasteiger partial charge is 0.338 e. The van der Waals surface area contributed by atoms with Gasteiger partial charge in [-0.15, -0.1) is 0 Å². The first-order valence-corrected chi connectivity index (χ1v) is 9.72. The molecule has 0 amide bonds. The van der Waals surface area contributed by atoms with Gasteiger partial charge in [-0.05, 0) is 36.8 Å². The molecule has 0 aliphatic carbocycles. The quantitative estimate of drug-likeness (QED) is 0.647. The monoisotopic (exact) mass is 409 g/mol. The Kier molecular flexibility index (Phi) is 5.11. The zero-order chi connectivity index (χ0) is 20.5. The van der Waals surface area contributed by atoms with Crippen LogP contribution < -0.4 is 5.32 Å². The Balaban J connectivity index is 1.88. The molecule has 7 heteroatoms. The van der Waals surface area contributed by atoms with E-state index in [1.54, 1.807) is 49.6 Å². The molecule has 0 saturated carbocycles. The maximum Gasteiger partial charge on any atom is 0.338 e. The number of aryl methyl sites for hydroxylation is 1. The molecule has 1 N–H and O–H groups in total. The Labute approximate surface area is 173 Å². The van der Waals surface area contributed by atoms with E-state index >= 15 is 0 Å². The molecule has 2 atom stereocenters. The average Bonchev–Trinajstić information content (AvgIpc) is 3.13. The summed E-state index contributed by atoms with van der Waals surface area (Å²) in [5.41, 5.74) is 2.11. The van der Waals surface area contributed by atoms with E-state index in [0.717, 1.165) is 5.56 Å². The van der Waals surface area contributed by atoms with E-state index in [1.165, 1.54) is 0 Å². The molecule has 2 aromatic carbocycles. The Hall–Kier alpha value is -3.12. The number of carbonyl (C=O) groups excluding carboxylic acids is 2. The molecule has 2 heterocycles. The van der Waals surface area contributed by atoms with Crippen molar-refractivity contribution in [1.29, 1.82) is 0 Å². The number of esters is 1. The van der Waals surface area contributed by atoms with E-state index in [1.807, 2.05) is 23.7 Å². The highest BCUT2D eigenvalue weighted by molar-refractivity contribution is 6.30. The average molecular weight is 410 g/mol. The number of aromatic nitrogens is 2. The topological polar surface area (TPSA) is 73.2 Å². The minimum Gasteiger partial charge on any atom is -0.462 e. The number of nitrogens with one attached hydrogen (secondary N) is 1. The molecule has 3 aromatic rings. The van der Waals surface area contributed by atoms with Gasteiger partial charge >= 0.3 is 5.97 Å². The first-order chi connectivity index (χ1) is 14.0. The Morgan fingerprint density at radius 1 is 1.24 bits per heavy atom. The number of halogens is 1. The summed E-state index contributed by atoms with van der Waals surface area (Å²) in [7, 11) is 1.85. The van der Waals surface area contributed by atoms with Gasteiger partial charge < -0.3 is 14.6 Å². The van der Waals surface area contributed by atoms with Crippen LogP contribution in [0.5, 0.6) is 0 Å². The standard InChI is InChI=1S/C22H20ClN3O3/c1-3-29-22(28)15-5-4-6-16-17(15)20(27)18(21-24-11-12-26(21)2)19(25-16)13-7-9-14(23)10-8-13/h4-12,18-19,25H,3H2,1-2H3/t18-,19+/m1/s1. The third-order valence-corrected chi connectivity index (χ3v) is 5.35. The summed E-state index contributed by atoms with van der Waals surface area (Å²) in [4.78, 5) is 30.6. The zero-order valence-electron chi connectivity index (χ0n) is 16.1. The third kappa shape index (κ3) is 3.40. The van der Waals surface area contributed by atoms with Crippen molar-refractivity contribution in [1.82, 2.24) is 9.55 Å². The molecule has 6 nitrogen and oxygen atoms in total. The Bertz CT molecular complexity index is 1080. The van der Waals surface area contributed by atoms with Crippen molar-refractivity contribution < 1.29 is 14.3 Å². The first kappa shape index (κ1) is 19.2. The molecule has 1 aliphatic heterocycles. The van der Waals surface area contributed by atoms with Crippen LogP contribution in [0.3, 0.4) is 0 Å². The molecule has 0 fully saturated rings. The summed E-state index contributed by atoms with van der Waals surface area (Å²) in [6, 6.07) is 12.2. The molecule has 1 aliphatic rings. The predicted octanol–water partition coefficient (Wildman–Crippen LogP) is 4.38. The number of hydrogen-bond donors (Lipinski definition) is 1. The van der Waals surface area contributed by atoms with E-state index in [-0.39, 0.29) is 24.0 Å². The second kappa shape index (κ2) is 7.72. The summed E-state index contributed by atoms with van der Waals surface area (Å²) in [6.45, 7) is 1.97. The first-order valence-electron chi connectivity index (χ1n) is 9.34. The molecule has 0 bridgehead atoms. The van der Waals surface area contributed by atoms with Crippen molar-refractivity contribution in [3.05, 3.63) is 82.4 Å². The maximum absolute atomic E-state index is 13.7. The highest BCUT2D eigenvalue weighted by atomic mass is 35.5. The van der Waals surface area contributed by atoms with Crippen LogP contribution in [0.15, 0.2) is 54.9 Å². The van der Waals surface area contributed by atoms with Crippen LogP contribution in [0.25, 0.3) is 0 Å². The summed E-state index contributed by atoms with van der Waals surface area (Å²) in [5, 5.41) is 4.06. The van der Waals surface area contributed by atoms with Crippen molar-refractivity contribution in [3.8, 4) is 0 Å². The molecule has 0 spiro atoms. The fourth-order valence-electron chi connectivity index (χ4n) is 3.76. The molecular weight excluding hydrogens is 390 g/mol. The second-order valence-corrected chi connectivity index (χ2v) is 7.30. The molecule has 29 heavy (non-hydrogen) atoms. The van der Waals surface area contributed by atoms with Gasteiger partial charge in [-0.3, -0.25) is 4.79 Å². The minimum absolute atomic E-state index is 0.170. The number of nitrogens with zero attached hydrogens (tertiary/aromatic N) is 2. The van der Waals surface area contributed by atoms with E-state index in [0.29, 0.717) is 22.1 Å². The van der Waals surface area contributed by atoms with Gasteiger partial charge in [0, 0.05) is 30.2 Å². The van der Waals surface area contributed by atoms with Crippen LogP contribution in [-0.4, -0.2) is 27.9 Å². The lowest BCUT2D eigenvalue weighted by molar-refractivity contribution is 0.0522. The van der Waals surface area contributed by atoms with Crippen LogP contribution >= 0.6 is 11.6 Å². The van der Waals surface area contributed by atoms with Crippen LogP contribution in [0, 0.1) is 0 Å². The maximum atomic E-state index is 13.7. The SMILES string of the molecule is CCOC(=O)c1cccc2c1C(=O)[C@H](c1nccn1C)[C@H](c1ccc(Cl)cc1)N2. The van der Waals surface area contributed by atoms with Gasteiger partial charge in [0.25, 0.3) is 0 Å². The summed E-state index contributed by atoms with van der Waals surface area (Å²) >= 11 is 6.05. The fourth-order valence-corrected chi connectivity index (χ4v) is 3.89. The van der Waals surface area contributed by atoms with Gasteiger partial charge in [-0.2, -0.15) is 0 Å². The van der Waals surface area contributed by atoms with Crippen molar-refractivity contribution in [3.63, 3.8) is 0 Å². The number of Topliss-reactive ketones (excluding diaryl/α,β-unsaturated/α-hetero) is 1. The minimum atomic E-state index is -0.612. The number of rotatable bonds is 4. The summed E-state index contributed by atoms with van der Waals surface area (Å²) in [6.07, 6.45) is 3.46. The zero-order valence-corrected chi connectivity index (χ0v) is 16.8. The second-order valence-electron chi connectivity index (χ2n) is 6.86. The normalized spacial score (nSPS) is 18.1. The molecule has 0 radical (unpaired) electrons. The number of imidazole rings is 1. The number of ketones is 1. The van der Waals surface area contributed by atoms with Gasteiger partial charge in [-0.25, -0.2) is 9.78 Å². The van der Waals surface area contributed by atoms with Crippen LogP contribution in [0.2, 0.25) is 5.02 Å². The van der Waals surface area contributed by atoms with Crippen LogP contribution in [0.4, 0.5) is 5.69 Å². The number of fused-ring (bicyclic) bond motifs is 1. The summed E-state index contributed by atoms with van der Waals surface area (Å²) < 4.78 is 6.99. The fraction of sp³-hybridized carbons (Fsp3) is 0.227.